The van der Waals surface area contributed by atoms with Gasteiger partial charge in [0.15, 0.2) is 14.6 Å². The lowest BCUT2D eigenvalue weighted by Gasteiger charge is -2.28. The number of hydrogen-bond acceptors (Lipinski definition) is 4. The fourth-order valence-electron chi connectivity index (χ4n) is 3.97. The summed E-state index contributed by atoms with van der Waals surface area (Å²) >= 11 is 0. The van der Waals surface area contributed by atoms with Crippen molar-refractivity contribution in [2.75, 3.05) is 19.4 Å². The normalized spacial score (nSPS) is 15.6. The number of amides is 2. The minimum atomic E-state index is -3.88. The van der Waals surface area contributed by atoms with Crippen molar-refractivity contribution < 1.29 is 18.0 Å². The second-order valence-corrected chi connectivity index (χ2v) is 10.4. The number of nitrogens with zero attached hydrogens (tertiary/aromatic N) is 1. The molecule has 2 amide bonds. The van der Waals surface area contributed by atoms with E-state index in [1.165, 1.54) is 4.90 Å². The van der Waals surface area contributed by atoms with Crippen molar-refractivity contribution in [3.63, 3.8) is 0 Å². The van der Waals surface area contributed by atoms with E-state index in [-0.39, 0.29) is 10.8 Å². The van der Waals surface area contributed by atoms with Crippen molar-refractivity contribution in [3.8, 4) is 0 Å². The highest BCUT2D eigenvalue weighted by atomic mass is 32.2. The summed E-state index contributed by atoms with van der Waals surface area (Å²) in [6.45, 7) is 3.60. The van der Waals surface area contributed by atoms with Gasteiger partial charge in [-0.1, -0.05) is 25.0 Å². The average Bonchev–Trinajstić information content (AvgIpc) is 3.21. The summed E-state index contributed by atoms with van der Waals surface area (Å²) in [5.41, 5.74) is 2.45. The first-order valence-corrected chi connectivity index (χ1v) is 11.5. The molecule has 0 unspecified atom stereocenters. The Hall–Kier alpha value is -2.67. The molecule has 160 valence electrons. The fraction of sp³-hybridized carbons (Fsp3) is 0.391. The van der Waals surface area contributed by atoms with Crippen LogP contribution in [0.1, 0.15) is 47.2 Å². The number of carbonyl (C=O) groups is 2. The highest BCUT2D eigenvalue weighted by Crippen LogP contribution is 2.42. The van der Waals surface area contributed by atoms with E-state index in [9.17, 15) is 18.0 Å². The van der Waals surface area contributed by atoms with Crippen LogP contribution in [0.3, 0.4) is 0 Å². The first kappa shape index (κ1) is 22.0. The molecule has 1 aliphatic rings. The molecule has 0 spiro atoms. The molecule has 0 aliphatic heterocycles. The molecule has 0 atom stereocenters. The number of rotatable bonds is 5. The molecule has 0 saturated heterocycles. The molecule has 0 aromatic heterocycles. The standard InChI is InChI=1S/C23H28N2O4S/c1-16-7-8-17(2)20(15-16)30(28,29)23(13-5-6-14-23)22(27)24-19-11-9-18(10-12-19)21(26)25(3)4/h7-12,15H,5-6,13-14H2,1-4H3,(H,24,27). The fourth-order valence-corrected chi connectivity index (χ4v) is 6.35. The number of sulfone groups is 1. The molecular weight excluding hydrogens is 400 g/mol. The van der Waals surface area contributed by atoms with E-state index in [4.69, 9.17) is 0 Å². The summed E-state index contributed by atoms with van der Waals surface area (Å²) in [6, 6.07) is 11.8. The zero-order valence-electron chi connectivity index (χ0n) is 17.9. The maximum absolute atomic E-state index is 13.7. The maximum Gasteiger partial charge on any atom is 0.253 e. The Morgan fingerprint density at radius 1 is 0.967 bits per heavy atom. The van der Waals surface area contributed by atoms with Gasteiger partial charge in [-0.15, -0.1) is 0 Å². The second-order valence-electron chi connectivity index (χ2n) is 8.20. The Morgan fingerprint density at radius 3 is 2.13 bits per heavy atom. The lowest BCUT2D eigenvalue weighted by Crippen LogP contribution is -2.47. The smallest absolute Gasteiger partial charge is 0.253 e. The van der Waals surface area contributed by atoms with E-state index in [0.29, 0.717) is 42.5 Å². The van der Waals surface area contributed by atoms with Crippen LogP contribution in [0.25, 0.3) is 0 Å². The van der Waals surface area contributed by atoms with Crippen LogP contribution >= 0.6 is 0 Å². The molecule has 1 N–H and O–H groups in total. The highest BCUT2D eigenvalue weighted by Gasteiger charge is 2.53. The second kappa shape index (κ2) is 8.22. The first-order chi connectivity index (χ1) is 14.1. The van der Waals surface area contributed by atoms with Gasteiger partial charge in [0, 0.05) is 25.3 Å². The Kier molecular flexibility index (Phi) is 6.04. The molecule has 1 aliphatic carbocycles. The van der Waals surface area contributed by atoms with Crippen LogP contribution < -0.4 is 5.32 Å². The summed E-state index contributed by atoms with van der Waals surface area (Å²) in [5, 5.41) is 2.79. The minimum absolute atomic E-state index is 0.141. The molecule has 0 bridgehead atoms. The van der Waals surface area contributed by atoms with Gasteiger partial charge in [-0.2, -0.15) is 0 Å². The molecule has 30 heavy (non-hydrogen) atoms. The van der Waals surface area contributed by atoms with Crippen LogP contribution in [-0.4, -0.2) is 44.0 Å². The van der Waals surface area contributed by atoms with Crippen molar-refractivity contribution in [3.05, 3.63) is 59.2 Å². The van der Waals surface area contributed by atoms with E-state index in [1.807, 2.05) is 13.0 Å². The van der Waals surface area contributed by atoms with Gasteiger partial charge in [0.25, 0.3) is 5.91 Å². The molecule has 0 radical (unpaired) electrons. The van der Waals surface area contributed by atoms with E-state index < -0.39 is 20.5 Å². The third-order valence-corrected chi connectivity index (χ3v) is 8.41. The first-order valence-electron chi connectivity index (χ1n) is 10.0. The van der Waals surface area contributed by atoms with Gasteiger partial charge in [0.1, 0.15) is 0 Å². The molecule has 2 aromatic carbocycles. The molecule has 0 heterocycles. The predicted octanol–water partition coefficient (Wildman–Crippen LogP) is 3.73. The van der Waals surface area contributed by atoms with Crippen molar-refractivity contribution >= 4 is 27.3 Å². The number of benzene rings is 2. The number of nitrogens with one attached hydrogen (secondary N) is 1. The number of anilines is 1. The van der Waals surface area contributed by atoms with Crippen LogP contribution in [0.2, 0.25) is 0 Å². The van der Waals surface area contributed by atoms with Gasteiger partial charge < -0.3 is 10.2 Å². The van der Waals surface area contributed by atoms with Crippen molar-refractivity contribution in [2.45, 2.75) is 49.2 Å². The van der Waals surface area contributed by atoms with Crippen molar-refractivity contribution in [1.29, 1.82) is 0 Å². The Morgan fingerprint density at radius 2 is 1.57 bits per heavy atom. The van der Waals surface area contributed by atoms with Gasteiger partial charge in [-0.25, -0.2) is 8.42 Å². The van der Waals surface area contributed by atoms with Gasteiger partial charge in [-0.3, -0.25) is 9.59 Å². The van der Waals surface area contributed by atoms with Crippen molar-refractivity contribution in [1.82, 2.24) is 4.90 Å². The zero-order valence-corrected chi connectivity index (χ0v) is 18.7. The average molecular weight is 429 g/mol. The van der Waals surface area contributed by atoms with Crippen LogP contribution in [-0.2, 0) is 14.6 Å². The molecular formula is C23H28N2O4S. The van der Waals surface area contributed by atoms with Crippen molar-refractivity contribution in [2.24, 2.45) is 0 Å². The summed E-state index contributed by atoms with van der Waals surface area (Å²) in [4.78, 5) is 27.1. The monoisotopic (exact) mass is 428 g/mol. The van der Waals surface area contributed by atoms with E-state index in [0.717, 1.165) is 5.56 Å². The van der Waals surface area contributed by atoms with Crippen LogP contribution in [0.15, 0.2) is 47.4 Å². The quantitative estimate of drug-likeness (QED) is 0.787. The largest absolute Gasteiger partial charge is 0.345 e. The Bertz CT molecular complexity index is 1070. The summed E-state index contributed by atoms with van der Waals surface area (Å²) in [6.07, 6.45) is 1.97. The molecule has 6 nitrogen and oxygen atoms in total. The maximum atomic E-state index is 13.7. The van der Waals surface area contributed by atoms with E-state index >= 15 is 0 Å². The van der Waals surface area contributed by atoms with Crippen LogP contribution in [0, 0.1) is 13.8 Å². The molecule has 1 fully saturated rings. The lowest BCUT2D eigenvalue weighted by molar-refractivity contribution is -0.118. The van der Waals surface area contributed by atoms with Gasteiger partial charge >= 0.3 is 0 Å². The molecule has 1 saturated carbocycles. The van der Waals surface area contributed by atoms with E-state index in [1.54, 1.807) is 57.4 Å². The highest BCUT2D eigenvalue weighted by molar-refractivity contribution is 7.93. The molecule has 3 rings (SSSR count). The Labute approximate surface area is 178 Å². The molecule has 7 heteroatoms. The minimum Gasteiger partial charge on any atom is -0.345 e. The zero-order chi connectivity index (χ0) is 22.1. The Balaban J connectivity index is 1.93. The van der Waals surface area contributed by atoms with Gasteiger partial charge in [-0.05, 0) is 68.1 Å². The number of carbonyl (C=O) groups excluding carboxylic acids is 2. The lowest BCUT2D eigenvalue weighted by atomic mass is 10.1. The predicted molar refractivity (Wildman–Crippen MR) is 117 cm³/mol. The summed E-state index contributed by atoms with van der Waals surface area (Å²) < 4.78 is 25.9. The van der Waals surface area contributed by atoms with Gasteiger partial charge in [0.05, 0.1) is 4.90 Å². The third-order valence-electron chi connectivity index (χ3n) is 5.77. The topological polar surface area (TPSA) is 83.5 Å². The third kappa shape index (κ3) is 3.86. The summed E-state index contributed by atoms with van der Waals surface area (Å²) in [5.74, 6) is -0.648. The SMILES string of the molecule is Cc1ccc(C)c(S(=O)(=O)C2(C(=O)Nc3ccc(C(=O)N(C)C)cc3)CCCC2)c1. The number of aryl methyl sites for hydroxylation is 2. The number of hydrogen-bond donors (Lipinski definition) is 1. The van der Waals surface area contributed by atoms with Crippen LogP contribution in [0.4, 0.5) is 5.69 Å². The van der Waals surface area contributed by atoms with Crippen LogP contribution in [0.5, 0.6) is 0 Å². The molecule has 2 aromatic rings. The van der Waals surface area contributed by atoms with Gasteiger partial charge in [0.2, 0.25) is 5.91 Å². The van der Waals surface area contributed by atoms with E-state index in [2.05, 4.69) is 5.32 Å². The summed E-state index contributed by atoms with van der Waals surface area (Å²) in [7, 11) is -0.545.